The van der Waals surface area contributed by atoms with Crippen LogP contribution in [0.1, 0.15) is 13.3 Å². The van der Waals surface area contributed by atoms with Crippen molar-refractivity contribution in [2.75, 3.05) is 32.6 Å². The maximum atomic E-state index is 12.2. The minimum Gasteiger partial charge on any atom is -0.384 e. The summed E-state index contributed by atoms with van der Waals surface area (Å²) in [4.78, 5) is 17.4. The van der Waals surface area contributed by atoms with Crippen LogP contribution in [0.3, 0.4) is 0 Å². The minimum absolute atomic E-state index is 0.0449. The van der Waals surface area contributed by atoms with Crippen LogP contribution in [0.4, 0.5) is 4.79 Å². The highest BCUT2D eigenvalue weighted by atomic mass is 32.2. The summed E-state index contributed by atoms with van der Waals surface area (Å²) in [5.74, 6) is -0.229. The molecule has 0 radical (unpaired) electrons. The van der Waals surface area contributed by atoms with Crippen LogP contribution in [0.5, 0.6) is 0 Å². The van der Waals surface area contributed by atoms with Gasteiger partial charge in [0.2, 0.25) is 9.84 Å². The summed E-state index contributed by atoms with van der Waals surface area (Å²) in [6, 6.07) is -0.433. The third-order valence-electron chi connectivity index (χ3n) is 2.61. The highest BCUT2D eigenvalue weighted by Gasteiger charge is 2.22. The van der Waals surface area contributed by atoms with Crippen LogP contribution in [0.15, 0.2) is 24.1 Å². The maximum Gasteiger partial charge on any atom is 0.346 e. The molecule has 1 aromatic heterocycles. The van der Waals surface area contributed by atoms with Crippen molar-refractivity contribution in [2.24, 2.45) is 0 Å². The Bertz CT molecular complexity index is 582. The van der Waals surface area contributed by atoms with E-state index in [9.17, 15) is 13.2 Å². The van der Waals surface area contributed by atoms with Crippen LogP contribution in [-0.2, 0) is 14.6 Å². The highest BCUT2D eigenvalue weighted by Crippen LogP contribution is 2.05. The Hall–Kier alpha value is -1.74. The van der Waals surface area contributed by atoms with Gasteiger partial charge in [0.25, 0.3) is 5.16 Å². The molecule has 0 aliphatic rings. The number of nitrogens with zero attached hydrogens (tertiary/aromatic N) is 4. The summed E-state index contributed by atoms with van der Waals surface area (Å²) in [6.45, 7) is 6.45. The van der Waals surface area contributed by atoms with Gasteiger partial charge in [-0.1, -0.05) is 13.0 Å². The molecule has 1 aromatic rings. The van der Waals surface area contributed by atoms with E-state index in [0.717, 1.165) is 17.4 Å². The molecule has 1 amide bonds. The van der Waals surface area contributed by atoms with Gasteiger partial charge in [0.05, 0.1) is 12.4 Å². The topological polar surface area (TPSA) is 94.4 Å². The summed E-state index contributed by atoms with van der Waals surface area (Å²) in [5, 5.41) is 3.38. The Labute approximate surface area is 124 Å². The first-order chi connectivity index (χ1) is 9.96. The molecule has 0 N–H and O–H groups in total. The molecular formula is C12H20N4O4S. The van der Waals surface area contributed by atoms with Crippen molar-refractivity contribution in [2.45, 2.75) is 18.5 Å². The molecule has 9 heteroatoms. The Morgan fingerprint density at radius 1 is 1.57 bits per heavy atom. The summed E-state index contributed by atoms with van der Waals surface area (Å²) < 4.78 is 29.4. The maximum absolute atomic E-state index is 12.2. The predicted octanol–water partition coefficient (Wildman–Crippen LogP) is 0.564. The van der Waals surface area contributed by atoms with E-state index in [4.69, 9.17) is 4.74 Å². The van der Waals surface area contributed by atoms with E-state index < -0.39 is 15.9 Å². The Morgan fingerprint density at radius 3 is 2.86 bits per heavy atom. The van der Waals surface area contributed by atoms with E-state index in [1.54, 1.807) is 6.08 Å². The third kappa shape index (κ3) is 4.64. The summed E-state index contributed by atoms with van der Waals surface area (Å²) in [7, 11) is -2.24. The normalized spacial score (nSPS) is 11.3. The summed E-state index contributed by atoms with van der Waals surface area (Å²) in [6.07, 6.45) is 3.47. The second kappa shape index (κ2) is 7.89. The molecule has 118 valence electrons. The van der Waals surface area contributed by atoms with Crippen molar-refractivity contribution in [3.8, 4) is 0 Å². The standard InChI is InChI=1S/C12H20N4O4S/c1-4-6-15(7-5-2)12(17)16-10-13-11(14-16)21(18,19)9-8-20-3/h4,10H,1,5-9H2,2-3H3. The second-order valence-corrected chi connectivity index (χ2v) is 6.30. The number of aromatic nitrogens is 3. The molecule has 0 unspecified atom stereocenters. The fourth-order valence-electron chi connectivity index (χ4n) is 1.60. The smallest absolute Gasteiger partial charge is 0.346 e. The Kier molecular flexibility index (Phi) is 6.50. The molecule has 0 spiro atoms. The van der Waals surface area contributed by atoms with Crippen LogP contribution in [0.2, 0.25) is 0 Å². The lowest BCUT2D eigenvalue weighted by Gasteiger charge is -2.19. The third-order valence-corrected chi connectivity index (χ3v) is 4.06. The zero-order valence-electron chi connectivity index (χ0n) is 12.2. The van der Waals surface area contributed by atoms with E-state index in [1.807, 2.05) is 6.92 Å². The molecule has 1 rings (SSSR count). The Morgan fingerprint density at radius 2 is 2.29 bits per heavy atom. The monoisotopic (exact) mass is 316 g/mol. The Balaban J connectivity index is 2.91. The van der Waals surface area contributed by atoms with E-state index in [0.29, 0.717) is 13.1 Å². The van der Waals surface area contributed by atoms with Crippen molar-refractivity contribution in [1.82, 2.24) is 19.7 Å². The van der Waals surface area contributed by atoms with Gasteiger partial charge in [-0.3, -0.25) is 0 Å². The van der Waals surface area contributed by atoms with Crippen LogP contribution in [0.25, 0.3) is 0 Å². The lowest BCUT2D eigenvalue weighted by Crippen LogP contribution is -2.35. The van der Waals surface area contributed by atoms with E-state index >= 15 is 0 Å². The number of methoxy groups -OCH3 is 1. The first kappa shape index (κ1) is 17.3. The van der Waals surface area contributed by atoms with Crippen molar-refractivity contribution in [1.29, 1.82) is 0 Å². The molecule has 0 bridgehead atoms. The molecule has 0 aromatic carbocycles. The van der Waals surface area contributed by atoms with Gasteiger partial charge in [0.1, 0.15) is 6.33 Å². The highest BCUT2D eigenvalue weighted by molar-refractivity contribution is 7.91. The fraction of sp³-hybridized carbons (Fsp3) is 0.583. The van der Waals surface area contributed by atoms with E-state index in [2.05, 4.69) is 16.7 Å². The summed E-state index contributed by atoms with van der Waals surface area (Å²) in [5.41, 5.74) is 0. The number of rotatable bonds is 8. The van der Waals surface area contributed by atoms with Crippen molar-refractivity contribution in [3.63, 3.8) is 0 Å². The fourth-order valence-corrected chi connectivity index (χ4v) is 2.59. The van der Waals surface area contributed by atoms with Crippen LogP contribution in [-0.4, -0.2) is 66.7 Å². The van der Waals surface area contributed by atoms with E-state index in [1.165, 1.54) is 12.0 Å². The van der Waals surface area contributed by atoms with Crippen LogP contribution < -0.4 is 0 Å². The molecule has 0 saturated heterocycles. The number of ether oxygens (including phenoxy) is 1. The number of amides is 1. The van der Waals surface area contributed by atoms with Crippen LogP contribution in [0, 0.1) is 0 Å². The summed E-state index contributed by atoms with van der Waals surface area (Å²) >= 11 is 0. The molecule has 21 heavy (non-hydrogen) atoms. The predicted molar refractivity (Wildman–Crippen MR) is 76.8 cm³/mol. The van der Waals surface area contributed by atoms with Gasteiger partial charge in [0, 0.05) is 20.2 Å². The zero-order chi connectivity index (χ0) is 15.9. The SMILES string of the molecule is C=CCN(CCC)C(=O)n1cnc(S(=O)(=O)CCOC)n1. The average molecular weight is 316 g/mol. The van der Waals surface area contributed by atoms with Gasteiger partial charge in [-0.25, -0.2) is 18.2 Å². The van der Waals surface area contributed by atoms with Gasteiger partial charge in [-0.15, -0.1) is 11.7 Å². The second-order valence-electron chi connectivity index (χ2n) is 4.30. The molecule has 0 saturated carbocycles. The first-order valence-corrected chi connectivity index (χ1v) is 8.15. The van der Waals surface area contributed by atoms with Gasteiger partial charge in [-0.2, -0.15) is 4.68 Å². The molecule has 8 nitrogen and oxygen atoms in total. The molecular weight excluding hydrogens is 296 g/mol. The number of carbonyl (C=O) groups excluding carboxylic acids is 1. The zero-order valence-corrected chi connectivity index (χ0v) is 13.0. The van der Waals surface area contributed by atoms with Crippen LogP contribution >= 0.6 is 0 Å². The first-order valence-electron chi connectivity index (χ1n) is 6.49. The van der Waals surface area contributed by atoms with Gasteiger partial charge in [-0.05, 0) is 6.42 Å². The van der Waals surface area contributed by atoms with Gasteiger partial charge >= 0.3 is 6.03 Å². The van der Waals surface area contributed by atoms with Crippen molar-refractivity contribution >= 4 is 15.9 Å². The molecule has 1 heterocycles. The quantitative estimate of drug-likeness (QED) is 0.651. The van der Waals surface area contributed by atoms with E-state index in [-0.39, 0.29) is 17.5 Å². The lowest BCUT2D eigenvalue weighted by molar-refractivity contribution is 0.201. The number of sulfone groups is 1. The molecule has 0 aliphatic carbocycles. The number of carbonyl (C=O) groups is 1. The number of hydrogen-bond acceptors (Lipinski definition) is 6. The largest absolute Gasteiger partial charge is 0.384 e. The van der Waals surface area contributed by atoms with Crippen molar-refractivity contribution < 1.29 is 17.9 Å². The lowest BCUT2D eigenvalue weighted by atomic mass is 10.4. The van der Waals surface area contributed by atoms with Crippen molar-refractivity contribution in [3.05, 3.63) is 19.0 Å². The molecule has 0 atom stereocenters. The molecule has 0 aliphatic heterocycles. The van der Waals surface area contributed by atoms with Gasteiger partial charge in [0.15, 0.2) is 0 Å². The van der Waals surface area contributed by atoms with Gasteiger partial charge < -0.3 is 9.64 Å². The average Bonchev–Trinajstić information content (AvgIpc) is 2.95. The number of hydrogen-bond donors (Lipinski definition) is 0. The minimum atomic E-state index is -3.64. The molecule has 0 fully saturated rings.